The molecule has 1 atom stereocenters. The van der Waals surface area contributed by atoms with Crippen LogP contribution in [0.3, 0.4) is 0 Å². The molecule has 1 unspecified atom stereocenters. The van der Waals surface area contributed by atoms with Crippen LogP contribution in [0.25, 0.3) is 11.0 Å². The smallest absolute Gasteiger partial charge is 0.160 e. The number of fused-ring (bicyclic) bond motifs is 1. The van der Waals surface area contributed by atoms with E-state index in [1.165, 1.54) is 43.9 Å². The zero-order chi connectivity index (χ0) is 17.1. The number of pyridine rings is 1. The van der Waals surface area contributed by atoms with Crippen molar-refractivity contribution in [3.05, 3.63) is 17.8 Å². The molecule has 4 rings (SSSR count). The van der Waals surface area contributed by atoms with E-state index in [1.54, 1.807) is 0 Å². The average molecular weight is 342 g/mol. The molecular formula is C19H30N6. The summed E-state index contributed by atoms with van der Waals surface area (Å²) in [5, 5.41) is 13.0. The highest BCUT2D eigenvalue weighted by Crippen LogP contribution is 2.23. The molecule has 0 aromatic carbocycles. The van der Waals surface area contributed by atoms with Crippen LogP contribution >= 0.6 is 0 Å². The number of rotatable bonds is 4. The van der Waals surface area contributed by atoms with Gasteiger partial charge in [-0.2, -0.15) is 5.10 Å². The van der Waals surface area contributed by atoms with Crippen molar-refractivity contribution in [3.8, 4) is 0 Å². The van der Waals surface area contributed by atoms with Crippen molar-refractivity contribution in [2.75, 3.05) is 31.1 Å². The standard InChI is InChI=1S/C19H30N6/c1-24-19-16(17(23-24)14-21-15-7-6-10-20-13-15)8-9-18(22-19)25-11-4-2-3-5-12-25/h8-9,15,20-21H,2-7,10-14H2,1H3. The summed E-state index contributed by atoms with van der Waals surface area (Å²) >= 11 is 0. The van der Waals surface area contributed by atoms with E-state index in [-0.39, 0.29) is 0 Å². The van der Waals surface area contributed by atoms with Gasteiger partial charge in [0.05, 0.1) is 5.69 Å². The summed E-state index contributed by atoms with van der Waals surface area (Å²) in [4.78, 5) is 7.38. The van der Waals surface area contributed by atoms with E-state index >= 15 is 0 Å². The van der Waals surface area contributed by atoms with Crippen LogP contribution in [-0.4, -0.2) is 47.0 Å². The first-order valence-electron chi connectivity index (χ1n) is 9.83. The first kappa shape index (κ1) is 16.8. The summed E-state index contributed by atoms with van der Waals surface area (Å²) in [5.41, 5.74) is 2.11. The normalized spacial score (nSPS) is 22.3. The number of hydrogen-bond donors (Lipinski definition) is 2. The molecular weight excluding hydrogens is 312 g/mol. The minimum Gasteiger partial charge on any atom is -0.357 e. The number of anilines is 1. The summed E-state index contributed by atoms with van der Waals surface area (Å²) < 4.78 is 1.94. The highest BCUT2D eigenvalue weighted by molar-refractivity contribution is 5.80. The minimum absolute atomic E-state index is 0.551. The van der Waals surface area contributed by atoms with E-state index < -0.39 is 0 Å². The molecule has 0 amide bonds. The lowest BCUT2D eigenvalue weighted by Crippen LogP contribution is -2.42. The molecule has 2 aromatic heterocycles. The number of nitrogens with one attached hydrogen (secondary N) is 2. The Bertz CT molecular complexity index is 695. The van der Waals surface area contributed by atoms with Crippen LogP contribution in [0.5, 0.6) is 0 Å². The van der Waals surface area contributed by atoms with Crippen molar-refractivity contribution in [1.29, 1.82) is 0 Å². The Labute approximate surface area is 150 Å². The topological polar surface area (TPSA) is 58.0 Å². The maximum absolute atomic E-state index is 4.94. The summed E-state index contributed by atoms with van der Waals surface area (Å²) in [6.07, 6.45) is 7.73. The number of piperidine rings is 1. The lowest BCUT2D eigenvalue weighted by Gasteiger charge is -2.23. The lowest BCUT2D eigenvalue weighted by molar-refractivity contribution is 0.387. The summed E-state index contributed by atoms with van der Waals surface area (Å²) in [7, 11) is 2.01. The monoisotopic (exact) mass is 342 g/mol. The highest BCUT2D eigenvalue weighted by Gasteiger charge is 2.17. The predicted molar refractivity (Wildman–Crippen MR) is 102 cm³/mol. The van der Waals surface area contributed by atoms with Gasteiger partial charge in [0.1, 0.15) is 5.82 Å². The number of aromatic nitrogens is 3. The van der Waals surface area contributed by atoms with Gasteiger partial charge >= 0.3 is 0 Å². The van der Waals surface area contributed by atoms with Crippen LogP contribution in [-0.2, 0) is 13.6 Å². The van der Waals surface area contributed by atoms with Gasteiger partial charge in [-0.05, 0) is 44.4 Å². The van der Waals surface area contributed by atoms with E-state index in [2.05, 4.69) is 27.7 Å². The fourth-order valence-corrected chi connectivity index (χ4v) is 4.07. The molecule has 0 radical (unpaired) electrons. The Hall–Kier alpha value is -1.66. The van der Waals surface area contributed by atoms with Crippen LogP contribution in [0.2, 0.25) is 0 Å². The number of hydrogen-bond acceptors (Lipinski definition) is 5. The first-order valence-corrected chi connectivity index (χ1v) is 9.83. The average Bonchev–Trinajstić information content (AvgIpc) is 2.83. The second-order valence-electron chi connectivity index (χ2n) is 7.44. The Balaban J connectivity index is 1.51. The van der Waals surface area contributed by atoms with E-state index in [0.717, 1.165) is 49.9 Å². The van der Waals surface area contributed by atoms with Crippen LogP contribution in [0.4, 0.5) is 5.82 Å². The van der Waals surface area contributed by atoms with E-state index in [0.29, 0.717) is 6.04 Å². The number of nitrogens with zero attached hydrogens (tertiary/aromatic N) is 4. The predicted octanol–water partition coefficient (Wildman–Crippen LogP) is 2.19. The number of aryl methyl sites for hydroxylation is 1. The van der Waals surface area contributed by atoms with E-state index in [4.69, 9.17) is 10.1 Å². The molecule has 2 fully saturated rings. The van der Waals surface area contributed by atoms with Crippen molar-refractivity contribution < 1.29 is 0 Å². The Morgan fingerprint density at radius 2 is 2.00 bits per heavy atom. The molecule has 2 aliphatic rings. The Morgan fingerprint density at radius 3 is 2.76 bits per heavy atom. The van der Waals surface area contributed by atoms with Crippen molar-refractivity contribution in [1.82, 2.24) is 25.4 Å². The third kappa shape index (κ3) is 3.80. The quantitative estimate of drug-likeness (QED) is 0.892. The van der Waals surface area contributed by atoms with Crippen LogP contribution in [0.15, 0.2) is 12.1 Å². The molecule has 2 aromatic rings. The van der Waals surface area contributed by atoms with Gasteiger partial charge in [-0.15, -0.1) is 0 Å². The molecule has 6 nitrogen and oxygen atoms in total. The zero-order valence-corrected chi connectivity index (χ0v) is 15.3. The Morgan fingerprint density at radius 1 is 1.16 bits per heavy atom. The first-order chi connectivity index (χ1) is 12.3. The van der Waals surface area contributed by atoms with Gasteiger partial charge < -0.3 is 15.5 Å². The second kappa shape index (κ2) is 7.70. The summed E-state index contributed by atoms with van der Waals surface area (Å²) in [6.45, 7) is 5.27. The third-order valence-electron chi connectivity index (χ3n) is 5.53. The molecule has 4 heterocycles. The van der Waals surface area contributed by atoms with E-state index in [1.807, 2.05) is 11.7 Å². The van der Waals surface area contributed by atoms with Crippen LogP contribution in [0.1, 0.15) is 44.2 Å². The van der Waals surface area contributed by atoms with Crippen molar-refractivity contribution in [2.45, 2.75) is 51.1 Å². The molecule has 0 spiro atoms. The zero-order valence-electron chi connectivity index (χ0n) is 15.3. The van der Waals surface area contributed by atoms with Gasteiger partial charge in [-0.1, -0.05) is 12.8 Å². The molecule has 6 heteroatoms. The van der Waals surface area contributed by atoms with Gasteiger partial charge in [0.25, 0.3) is 0 Å². The lowest BCUT2D eigenvalue weighted by atomic mass is 10.1. The van der Waals surface area contributed by atoms with Gasteiger partial charge in [-0.25, -0.2) is 4.98 Å². The molecule has 0 bridgehead atoms. The van der Waals surface area contributed by atoms with Crippen molar-refractivity contribution in [3.63, 3.8) is 0 Å². The molecule has 0 aliphatic carbocycles. The van der Waals surface area contributed by atoms with E-state index in [9.17, 15) is 0 Å². The van der Waals surface area contributed by atoms with Crippen LogP contribution in [0, 0.1) is 0 Å². The minimum atomic E-state index is 0.551. The highest BCUT2D eigenvalue weighted by atomic mass is 15.3. The van der Waals surface area contributed by atoms with Crippen molar-refractivity contribution in [2.24, 2.45) is 7.05 Å². The SMILES string of the molecule is Cn1nc(CNC2CCCNC2)c2ccc(N3CCCCCC3)nc21. The molecule has 2 N–H and O–H groups in total. The van der Waals surface area contributed by atoms with Crippen molar-refractivity contribution >= 4 is 16.9 Å². The molecule has 2 aliphatic heterocycles. The molecule has 25 heavy (non-hydrogen) atoms. The Kier molecular flexibility index (Phi) is 5.17. The van der Waals surface area contributed by atoms with Gasteiger partial charge in [-0.3, -0.25) is 4.68 Å². The fourth-order valence-electron chi connectivity index (χ4n) is 4.07. The van der Waals surface area contributed by atoms with Gasteiger partial charge in [0.2, 0.25) is 0 Å². The molecule has 0 saturated carbocycles. The largest absolute Gasteiger partial charge is 0.357 e. The van der Waals surface area contributed by atoms with Crippen LogP contribution < -0.4 is 15.5 Å². The third-order valence-corrected chi connectivity index (χ3v) is 5.53. The molecule has 2 saturated heterocycles. The maximum Gasteiger partial charge on any atom is 0.160 e. The summed E-state index contributed by atoms with van der Waals surface area (Å²) in [5.74, 6) is 1.10. The summed E-state index contributed by atoms with van der Waals surface area (Å²) in [6, 6.07) is 4.95. The van der Waals surface area contributed by atoms with Gasteiger partial charge in [0.15, 0.2) is 5.65 Å². The maximum atomic E-state index is 4.94. The molecule has 136 valence electrons. The van der Waals surface area contributed by atoms with Gasteiger partial charge in [0, 0.05) is 44.7 Å². The second-order valence-corrected chi connectivity index (χ2v) is 7.44. The fraction of sp³-hybridized carbons (Fsp3) is 0.684.